The van der Waals surface area contributed by atoms with Crippen LogP contribution in [0.2, 0.25) is 0 Å². The van der Waals surface area contributed by atoms with Crippen molar-refractivity contribution in [2.24, 2.45) is 0 Å². The molecule has 9 nitrogen and oxygen atoms in total. The Labute approximate surface area is 287 Å². The second-order valence-electron chi connectivity index (χ2n) is 12.7. The smallest absolute Gasteiger partial charge is 0.318 e. The van der Waals surface area contributed by atoms with Gasteiger partial charge in [0.1, 0.15) is 6.04 Å². The fraction of sp³-hybridized carbons (Fsp3) is 0.528. The second-order valence-corrected chi connectivity index (χ2v) is 14.4. The highest BCUT2D eigenvalue weighted by molar-refractivity contribution is 7.34. The number of carbonyl (C=O) groups excluding carboxylic acids is 2. The Hall–Kier alpha value is -2.88. The van der Waals surface area contributed by atoms with Gasteiger partial charge in [0.05, 0.1) is 30.5 Å². The molecule has 0 bridgehead atoms. The average molecular weight is 681 g/mol. The number of thiazole rings is 1. The van der Waals surface area contributed by atoms with E-state index >= 15 is 0 Å². The Morgan fingerprint density at radius 2 is 1.77 bits per heavy atom. The summed E-state index contributed by atoms with van der Waals surface area (Å²) < 4.78 is 5.54. The van der Waals surface area contributed by atoms with Crippen LogP contribution in [0, 0.1) is 6.92 Å². The van der Waals surface area contributed by atoms with E-state index in [1.54, 1.807) is 23.3 Å². The standard InChI is InChI=1S/C36H53N6O3PS/c1-26(2)35-38-29(25-47-35)24-41(4)36(44)40-32(16-18-42-19-21-45-22-20-42)34(43)39-33(23-28-12-7-6-8-13-28)31(15-17-37-46-5)30-14-10-9-11-27(30)3/h6-14,25-26,31-33,37,46H,15-24H2,1-5H3,(H,39,43)(H,40,44)/t31?,32-,33-/m0/s1. The van der Waals surface area contributed by atoms with Crippen LogP contribution in [-0.2, 0) is 22.5 Å². The van der Waals surface area contributed by atoms with Gasteiger partial charge in [-0.25, -0.2) is 9.78 Å². The van der Waals surface area contributed by atoms with Crippen molar-refractivity contribution in [3.63, 3.8) is 0 Å². The van der Waals surface area contributed by atoms with Gasteiger partial charge in [0, 0.05) is 49.9 Å². The van der Waals surface area contributed by atoms with Crippen molar-refractivity contribution in [3.8, 4) is 0 Å². The molecule has 1 saturated heterocycles. The zero-order valence-corrected chi connectivity index (χ0v) is 30.4. The number of amides is 3. The number of hydrogen-bond acceptors (Lipinski definition) is 7. The van der Waals surface area contributed by atoms with Crippen molar-refractivity contribution in [2.75, 3.05) is 53.1 Å². The third kappa shape index (κ3) is 11.6. The molecule has 0 spiro atoms. The summed E-state index contributed by atoms with van der Waals surface area (Å²) in [7, 11) is 2.41. The molecule has 1 aliphatic rings. The van der Waals surface area contributed by atoms with Crippen LogP contribution in [0.5, 0.6) is 0 Å². The number of hydrogen-bond donors (Lipinski definition) is 3. The Bertz CT molecular complexity index is 1380. The molecule has 3 amide bonds. The van der Waals surface area contributed by atoms with Crippen LogP contribution in [0.1, 0.15) is 65.9 Å². The van der Waals surface area contributed by atoms with E-state index < -0.39 is 6.04 Å². The molecule has 3 N–H and O–H groups in total. The Morgan fingerprint density at radius 1 is 1.04 bits per heavy atom. The molecule has 1 aliphatic heterocycles. The second kappa shape index (κ2) is 19.2. The van der Waals surface area contributed by atoms with Crippen molar-refractivity contribution in [2.45, 2.75) is 70.5 Å². The number of urea groups is 1. The number of benzene rings is 2. The van der Waals surface area contributed by atoms with Gasteiger partial charge in [0.2, 0.25) is 5.91 Å². The summed E-state index contributed by atoms with van der Waals surface area (Å²) in [6.45, 7) is 13.5. The number of rotatable bonds is 17. The van der Waals surface area contributed by atoms with Gasteiger partial charge in [-0.15, -0.1) is 11.3 Å². The van der Waals surface area contributed by atoms with E-state index in [2.05, 4.69) is 84.5 Å². The molecule has 4 atom stereocenters. The minimum Gasteiger partial charge on any atom is -0.379 e. The van der Waals surface area contributed by atoms with Crippen LogP contribution in [0.4, 0.5) is 4.79 Å². The van der Waals surface area contributed by atoms with Gasteiger partial charge in [0.15, 0.2) is 0 Å². The van der Waals surface area contributed by atoms with E-state index in [1.165, 1.54) is 16.7 Å². The quantitative estimate of drug-likeness (QED) is 0.128. The lowest BCUT2D eigenvalue weighted by Gasteiger charge is -2.33. The summed E-state index contributed by atoms with van der Waals surface area (Å²) in [6, 6.07) is 17.7. The lowest BCUT2D eigenvalue weighted by molar-refractivity contribution is -0.124. The lowest BCUT2D eigenvalue weighted by atomic mass is 9.83. The maximum atomic E-state index is 14.3. The molecule has 2 unspecified atom stereocenters. The van der Waals surface area contributed by atoms with Crippen LogP contribution >= 0.6 is 20.1 Å². The van der Waals surface area contributed by atoms with Crippen LogP contribution in [0.25, 0.3) is 0 Å². The fourth-order valence-electron chi connectivity index (χ4n) is 6.01. The van der Waals surface area contributed by atoms with E-state index in [9.17, 15) is 9.59 Å². The van der Waals surface area contributed by atoms with E-state index in [4.69, 9.17) is 9.72 Å². The number of ether oxygens (including phenoxy) is 1. The molecule has 3 aromatic rings. The predicted octanol–water partition coefficient (Wildman–Crippen LogP) is 5.52. The summed E-state index contributed by atoms with van der Waals surface area (Å²) in [5.41, 5.74) is 4.48. The first-order valence-electron chi connectivity index (χ1n) is 16.8. The average Bonchev–Trinajstić information content (AvgIpc) is 3.55. The summed E-state index contributed by atoms with van der Waals surface area (Å²) in [4.78, 5) is 36.5. The largest absolute Gasteiger partial charge is 0.379 e. The van der Waals surface area contributed by atoms with Crippen molar-refractivity contribution < 1.29 is 14.3 Å². The summed E-state index contributed by atoms with van der Waals surface area (Å²) in [5, 5.41) is 13.1. The third-order valence-corrected chi connectivity index (χ3v) is 10.5. The van der Waals surface area contributed by atoms with Gasteiger partial charge in [-0.05, 0) is 56.1 Å². The van der Waals surface area contributed by atoms with Gasteiger partial charge in [-0.3, -0.25) is 14.8 Å². The molecule has 2 heterocycles. The van der Waals surface area contributed by atoms with E-state index in [1.807, 2.05) is 23.6 Å². The molecule has 1 fully saturated rings. The minimum atomic E-state index is -0.694. The molecular formula is C36H53N6O3PS. The number of nitrogens with zero attached hydrogens (tertiary/aromatic N) is 3. The number of carbonyl (C=O) groups is 2. The summed E-state index contributed by atoms with van der Waals surface area (Å²) in [6.07, 6.45) is 2.07. The molecule has 0 saturated carbocycles. The van der Waals surface area contributed by atoms with Crippen LogP contribution in [0.15, 0.2) is 60.0 Å². The normalized spacial score (nSPS) is 15.9. The Kier molecular flexibility index (Phi) is 15.1. The highest BCUT2D eigenvalue weighted by Crippen LogP contribution is 2.29. The monoisotopic (exact) mass is 680 g/mol. The van der Waals surface area contributed by atoms with E-state index in [0.717, 1.165) is 36.8 Å². The van der Waals surface area contributed by atoms with Crippen molar-refractivity contribution >= 4 is 32.0 Å². The maximum absolute atomic E-state index is 14.3. The SMILES string of the molecule is CPNCCC(c1ccccc1C)[C@H](Cc1ccccc1)NC(=O)[C@H](CCN1CCOCC1)NC(=O)N(C)Cc1csc(C(C)C)n1. The minimum absolute atomic E-state index is 0.0855. The van der Waals surface area contributed by atoms with Gasteiger partial charge in [0.25, 0.3) is 0 Å². The van der Waals surface area contributed by atoms with E-state index in [-0.39, 0.29) is 23.9 Å². The first-order valence-corrected chi connectivity index (χ1v) is 19.2. The Morgan fingerprint density at radius 3 is 2.45 bits per heavy atom. The van der Waals surface area contributed by atoms with Crippen molar-refractivity contribution in [3.05, 3.63) is 87.4 Å². The Balaban J connectivity index is 1.57. The van der Waals surface area contributed by atoms with Crippen LogP contribution < -0.4 is 15.7 Å². The van der Waals surface area contributed by atoms with E-state index in [0.29, 0.717) is 53.8 Å². The van der Waals surface area contributed by atoms with Crippen molar-refractivity contribution in [1.82, 2.24) is 30.5 Å². The maximum Gasteiger partial charge on any atom is 0.318 e. The van der Waals surface area contributed by atoms with Crippen LogP contribution in [0.3, 0.4) is 0 Å². The van der Waals surface area contributed by atoms with Gasteiger partial charge in [-0.2, -0.15) is 0 Å². The highest BCUT2D eigenvalue weighted by Gasteiger charge is 2.31. The molecule has 11 heteroatoms. The summed E-state index contributed by atoms with van der Waals surface area (Å²) >= 11 is 1.62. The summed E-state index contributed by atoms with van der Waals surface area (Å²) in [5.74, 6) is 0.273. The number of morpholine rings is 1. The first kappa shape index (κ1) is 36.9. The molecule has 2 aromatic carbocycles. The predicted molar refractivity (Wildman–Crippen MR) is 195 cm³/mol. The van der Waals surface area contributed by atoms with Crippen molar-refractivity contribution in [1.29, 1.82) is 0 Å². The van der Waals surface area contributed by atoms with Gasteiger partial charge < -0.3 is 20.3 Å². The molecule has 0 aliphatic carbocycles. The molecule has 0 radical (unpaired) electrons. The van der Waals surface area contributed by atoms with Gasteiger partial charge in [-0.1, -0.05) is 77.2 Å². The first-order chi connectivity index (χ1) is 22.7. The van der Waals surface area contributed by atoms with Gasteiger partial charge >= 0.3 is 6.03 Å². The zero-order valence-electron chi connectivity index (χ0n) is 28.6. The van der Waals surface area contributed by atoms with Crippen LogP contribution in [-0.4, -0.2) is 91.9 Å². The molecule has 256 valence electrons. The number of nitrogens with one attached hydrogen (secondary N) is 3. The number of aryl methyl sites for hydroxylation is 1. The topological polar surface area (TPSA) is 98.8 Å². The molecule has 1 aromatic heterocycles. The molecular weight excluding hydrogens is 627 g/mol. The third-order valence-electron chi connectivity index (χ3n) is 8.72. The number of aromatic nitrogens is 1. The highest BCUT2D eigenvalue weighted by atomic mass is 32.1. The molecule has 47 heavy (non-hydrogen) atoms. The lowest BCUT2D eigenvalue weighted by Crippen LogP contribution is -2.54. The molecule has 4 rings (SSSR count). The zero-order chi connectivity index (χ0) is 33.6. The fourth-order valence-corrected chi connectivity index (χ4v) is 7.23.